The Morgan fingerprint density at radius 1 is 1.16 bits per heavy atom. The summed E-state index contributed by atoms with van der Waals surface area (Å²) in [7, 11) is 0. The highest BCUT2D eigenvalue weighted by Crippen LogP contribution is 2.46. The number of fused-ring (bicyclic) bond motifs is 2. The lowest BCUT2D eigenvalue weighted by atomic mass is 9.77. The monoisotopic (exact) mass is 515 g/mol. The van der Waals surface area contributed by atoms with Crippen LogP contribution in [0.25, 0.3) is 17.2 Å². The minimum absolute atomic E-state index is 0.0929. The van der Waals surface area contributed by atoms with Crippen molar-refractivity contribution in [3.05, 3.63) is 94.3 Å². The largest absolute Gasteiger partial charge is 0.506 e. The molecule has 1 aliphatic heterocycles. The molecule has 0 unspecified atom stereocenters. The van der Waals surface area contributed by atoms with Crippen LogP contribution in [0.3, 0.4) is 0 Å². The molecular formula is C26H19ClFN7O2. The van der Waals surface area contributed by atoms with E-state index in [1.165, 1.54) is 24.3 Å². The molecule has 1 atom stereocenters. The van der Waals surface area contributed by atoms with Crippen LogP contribution in [-0.4, -0.2) is 35.4 Å². The summed E-state index contributed by atoms with van der Waals surface area (Å²) in [4.78, 5) is 31.4. The quantitative estimate of drug-likeness (QED) is 0.328. The Bertz CT molecular complexity index is 1720. The molecule has 2 aromatic carbocycles. The number of amides is 1. The highest BCUT2D eigenvalue weighted by atomic mass is 35.5. The van der Waals surface area contributed by atoms with Crippen molar-refractivity contribution in [1.29, 1.82) is 0 Å². The molecule has 1 aliphatic rings. The first-order valence-corrected chi connectivity index (χ1v) is 11.7. The predicted octanol–water partition coefficient (Wildman–Crippen LogP) is 4.12. The van der Waals surface area contributed by atoms with Gasteiger partial charge < -0.3 is 20.6 Å². The van der Waals surface area contributed by atoms with Crippen molar-refractivity contribution < 1.29 is 14.3 Å². The maximum atomic E-state index is 13.4. The summed E-state index contributed by atoms with van der Waals surface area (Å²) in [6, 6.07) is 10.7. The normalized spacial score (nSPS) is 16.7. The van der Waals surface area contributed by atoms with Gasteiger partial charge in [-0.1, -0.05) is 29.8 Å². The van der Waals surface area contributed by atoms with Crippen molar-refractivity contribution in [3.8, 4) is 17.3 Å². The molecule has 0 aliphatic carbocycles. The number of nitrogen functional groups attached to an aromatic ring is 1. The third-order valence-corrected chi connectivity index (χ3v) is 6.91. The standard InChI is InChI=1S/C26H19ClFN7O2/c1-26(14-4-7-19(36)16(27)11-14)20-21(29)32-22(33-23(20)34-25(26)37)18-12-35-9-8-30-24(35)17(31-18)10-13-2-5-15(28)6-3-13/h2-9,11-12,36H,10H2,1H3,(H3,29,32,33,34,37)/t26-/m1/s1. The van der Waals surface area contributed by atoms with Crippen LogP contribution in [0, 0.1) is 5.82 Å². The lowest BCUT2D eigenvalue weighted by molar-refractivity contribution is -0.119. The summed E-state index contributed by atoms with van der Waals surface area (Å²) in [5.41, 5.74) is 8.72. The molecule has 3 aromatic heterocycles. The number of hydrogen-bond donors (Lipinski definition) is 3. The number of halogens is 2. The summed E-state index contributed by atoms with van der Waals surface area (Å²) < 4.78 is 15.2. The van der Waals surface area contributed by atoms with Crippen LogP contribution in [0.1, 0.15) is 29.3 Å². The van der Waals surface area contributed by atoms with Gasteiger partial charge in [-0.15, -0.1) is 0 Å². The fourth-order valence-electron chi connectivity index (χ4n) is 4.63. The summed E-state index contributed by atoms with van der Waals surface area (Å²) in [5.74, 6) is -0.158. The molecule has 1 amide bonds. The molecular weight excluding hydrogens is 497 g/mol. The smallest absolute Gasteiger partial charge is 0.240 e. The van der Waals surface area contributed by atoms with Gasteiger partial charge in [-0.2, -0.15) is 0 Å². The molecule has 11 heteroatoms. The van der Waals surface area contributed by atoms with Crippen molar-refractivity contribution in [2.45, 2.75) is 18.8 Å². The summed E-state index contributed by atoms with van der Waals surface area (Å²) >= 11 is 6.11. The van der Waals surface area contributed by atoms with E-state index in [-0.39, 0.29) is 40.0 Å². The van der Waals surface area contributed by atoms with Gasteiger partial charge in [-0.3, -0.25) is 4.79 Å². The van der Waals surface area contributed by atoms with Crippen LogP contribution in [0.4, 0.5) is 16.0 Å². The number of carbonyl (C=O) groups excluding carboxylic acids is 1. The molecule has 9 nitrogen and oxygen atoms in total. The van der Waals surface area contributed by atoms with Crippen LogP contribution >= 0.6 is 11.6 Å². The minimum atomic E-state index is -1.22. The van der Waals surface area contributed by atoms with Crippen molar-refractivity contribution in [1.82, 2.24) is 24.3 Å². The molecule has 0 spiro atoms. The molecule has 184 valence electrons. The number of hydrogen-bond acceptors (Lipinski definition) is 7. The first-order valence-electron chi connectivity index (χ1n) is 11.3. The molecule has 0 saturated heterocycles. The van der Waals surface area contributed by atoms with Crippen LogP contribution in [0.15, 0.2) is 61.1 Å². The Balaban J connectivity index is 1.45. The van der Waals surface area contributed by atoms with Gasteiger partial charge in [0, 0.05) is 25.0 Å². The van der Waals surface area contributed by atoms with E-state index in [1.54, 1.807) is 48.1 Å². The molecule has 0 fully saturated rings. The van der Waals surface area contributed by atoms with Gasteiger partial charge in [-0.05, 0) is 42.3 Å². The fourth-order valence-corrected chi connectivity index (χ4v) is 4.81. The molecule has 4 N–H and O–H groups in total. The summed E-state index contributed by atoms with van der Waals surface area (Å²) in [6.07, 6.45) is 5.57. The number of carbonyl (C=O) groups is 1. The third kappa shape index (κ3) is 3.64. The second kappa shape index (κ2) is 8.24. The minimum Gasteiger partial charge on any atom is -0.506 e. The van der Waals surface area contributed by atoms with Crippen molar-refractivity contribution >= 4 is 34.8 Å². The van der Waals surface area contributed by atoms with E-state index in [4.69, 9.17) is 22.3 Å². The van der Waals surface area contributed by atoms with Crippen molar-refractivity contribution in [2.24, 2.45) is 0 Å². The van der Waals surface area contributed by atoms with Gasteiger partial charge >= 0.3 is 0 Å². The van der Waals surface area contributed by atoms with Crippen LogP contribution < -0.4 is 11.1 Å². The molecule has 4 heterocycles. The van der Waals surface area contributed by atoms with E-state index >= 15 is 0 Å². The van der Waals surface area contributed by atoms with E-state index < -0.39 is 5.41 Å². The number of nitrogens with zero attached hydrogens (tertiary/aromatic N) is 5. The third-order valence-electron chi connectivity index (χ3n) is 6.61. The Labute approximate surface area is 214 Å². The van der Waals surface area contributed by atoms with Gasteiger partial charge in [0.1, 0.15) is 34.3 Å². The summed E-state index contributed by atoms with van der Waals surface area (Å²) in [6.45, 7) is 1.70. The maximum absolute atomic E-state index is 13.4. The number of imidazole rings is 1. The van der Waals surface area contributed by atoms with Gasteiger partial charge in [-0.25, -0.2) is 24.3 Å². The Morgan fingerprint density at radius 3 is 2.70 bits per heavy atom. The number of benzene rings is 2. The first-order chi connectivity index (χ1) is 17.7. The van der Waals surface area contributed by atoms with E-state index in [0.29, 0.717) is 34.6 Å². The zero-order valence-electron chi connectivity index (χ0n) is 19.4. The van der Waals surface area contributed by atoms with Crippen LogP contribution in [0.5, 0.6) is 5.75 Å². The number of aromatic nitrogens is 5. The van der Waals surface area contributed by atoms with E-state index in [2.05, 4.69) is 20.3 Å². The van der Waals surface area contributed by atoms with Gasteiger partial charge in [0.05, 0.1) is 16.3 Å². The van der Waals surface area contributed by atoms with Crippen molar-refractivity contribution in [3.63, 3.8) is 0 Å². The number of anilines is 2. The Hall–Kier alpha value is -4.57. The maximum Gasteiger partial charge on any atom is 0.240 e. The molecule has 0 saturated carbocycles. The van der Waals surface area contributed by atoms with E-state index in [9.17, 15) is 14.3 Å². The van der Waals surface area contributed by atoms with Crippen LogP contribution in [-0.2, 0) is 16.6 Å². The number of rotatable bonds is 4. The highest BCUT2D eigenvalue weighted by Gasteiger charge is 2.47. The zero-order chi connectivity index (χ0) is 25.9. The number of phenols is 1. The SMILES string of the molecule is C[C@]1(c2ccc(O)c(Cl)c2)C(=O)Nc2nc(-c3cn4ccnc4c(Cc4ccc(F)cc4)n3)nc(N)c21. The molecule has 6 rings (SSSR count). The Morgan fingerprint density at radius 2 is 1.95 bits per heavy atom. The Kier molecular flexibility index (Phi) is 5.09. The van der Waals surface area contributed by atoms with Gasteiger partial charge in [0.25, 0.3) is 0 Å². The number of aromatic hydroxyl groups is 1. The van der Waals surface area contributed by atoms with Gasteiger partial charge in [0.15, 0.2) is 11.5 Å². The van der Waals surface area contributed by atoms with Gasteiger partial charge in [0.2, 0.25) is 5.91 Å². The molecule has 5 aromatic rings. The summed E-state index contributed by atoms with van der Waals surface area (Å²) in [5, 5.41) is 12.7. The van der Waals surface area contributed by atoms with E-state index in [0.717, 1.165) is 5.56 Å². The predicted molar refractivity (Wildman–Crippen MR) is 136 cm³/mol. The first kappa shape index (κ1) is 22.9. The fraction of sp³-hybridized carbons (Fsp3) is 0.115. The molecule has 37 heavy (non-hydrogen) atoms. The number of nitrogens with two attached hydrogens (primary N) is 1. The van der Waals surface area contributed by atoms with Crippen molar-refractivity contribution in [2.75, 3.05) is 11.1 Å². The lowest BCUT2D eigenvalue weighted by Gasteiger charge is -2.23. The number of nitrogens with one attached hydrogen (secondary N) is 1. The molecule has 0 radical (unpaired) electrons. The molecule has 0 bridgehead atoms. The topological polar surface area (TPSA) is 131 Å². The van der Waals surface area contributed by atoms with E-state index in [1.807, 2.05) is 0 Å². The number of phenolic OH excluding ortho intramolecular Hbond substituents is 1. The second-order valence-electron chi connectivity index (χ2n) is 8.94. The average Bonchev–Trinajstić information content (AvgIpc) is 3.45. The zero-order valence-corrected chi connectivity index (χ0v) is 20.2. The lowest BCUT2D eigenvalue weighted by Crippen LogP contribution is -2.33. The average molecular weight is 516 g/mol. The highest BCUT2D eigenvalue weighted by molar-refractivity contribution is 6.32. The van der Waals surface area contributed by atoms with Crippen LogP contribution in [0.2, 0.25) is 5.02 Å². The second-order valence-corrected chi connectivity index (χ2v) is 9.34.